The number of halogens is 1. The van der Waals surface area contributed by atoms with Crippen LogP contribution in [0.3, 0.4) is 0 Å². The number of nitrogens with one attached hydrogen (secondary N) is 1. The van der Waals surface area contributed by atoms with Crippen LogP contribution in [-0.2, 0) is 24.2 Å². The third kappa shape index (κ3) is 5.95. The molecule has 220 valence electrons. The van der Waals surface area contributed by atoms with Crippen LogP contribution in [-0.4, -0.2) is 56.7 Å². The second kappa shape index (κ2) is 11.6. The molecular formula is C32H34ClN3O5S. The second-order valence-electron chi connectivity index (χ2n) is 11.1. The number of piperidine rings is 1. The number of esters is 1. The topological polar surface area (TPSA) is 119 Å². The average molecular weight is 608 g/mol. The van der Waals surface area contributed by atoms with Gasteiger partial charge in [0, 0.05) is 23.4 Å². The van der Waals surface area contributed by atoms with Crippen LogP contribution >= 0.6 is 11.6 Å². The summed E-state index contributed by atoms with van der Waals surface area (Å²) in [6, 6.07) is 19.7. The Morgan fingerprint density at radius 2 is 1.86 bits per heavy atom. The molecule has 1 fully saturated rings. The number of carbonyl (C=O) groups is 2. The maximum absolute atomic E-state index is 13.3. The van der Waals surface area contributed by atoms with E-state index in [-0.39, 0.29) is 29.0 Å². The van der Waals surface area contributed by atoms with Crippen LogP contribution in [0.2, 0.25) is 5.02 Å². The summed E-state index contributed by atoms with van der Waals surface area (Å²) in [6.07, 6.45) is 2.41. The number of nitrogens with two attached hydrogens (primary N) is 1. The Labute approximate surface area is 251 Å². The summed E-state index contributed by atoms with van der Waals surface area (Å²) in [4.78, 5) is 28.3. The molecule has 0 aliphatic carbocycles. The van der Waals surface area contributed by atoms with Crippen molar-refractivity contribution >= 4 is 38.9 Å². The molecule has 1 unspecified atom stereocenters. The summed E-state index contributed by atoms with van der Waals surface area (Å²) in [5.41, 5.74) is 9.89. The van der Waals surface area contributed by atoms with Gasteiger partial charge in [0.25, 0.3) is 0 Å². The molecule has 1 saturated heterocycles. The van der Waals surface area contributed by atoms with Crippen molar-refractivity contribution < 1.29 is 22.7 Å². The van der Waals surface area contributed by atoms with E-state index in [1.165, 1.54) is 6.07 Å². The number of hydrogen-bond acceptors (Lipinski definition) is 7. The van der Waals surface area contributed by atoms with Crippen LogP contribution in [0.15, 0.2) is 77.3 Å². The number of ether oxygens (including phenoxy) is 1. The lowest BCUT2D eigenvalue weighted by Gasteiger charge is -2.39. The fourth-order valence-corrected chi connectivity index (χ4v) is 6.74. The zero-order chi connectivity index (χ0) is 30.2. The quantitative estimate of drug-likeness (QED) is 0.375. The molecule has 3 N–H and O–H groups in total. The van der Waals surface area contributed by atoms with Gasteiger partial charge in [0.15, 0.2) is 15.4 Å². The number of nitrogens with zero attached hydrogens (tertiary/aromatic N) is 1. The fourth-order valence-electron chi connectivity index (χ4n) is 5.80. The number of sulfone groups is 1. The van der Waals surface area contributed by atoms with Gasteiger partial charge in [-0.2, -0.15) is 0 Å². The SMILES string of the molecule is Cc1cc(-c2cccc(S(C)(=O)=O)c2)c(Cl)cc1C1=C(N)C2(CCCN(CC(=O)N[C@H](C)c3ccccc3)C2)OC1=O. The van der Waals surface area contributed by atoms with Gasteiger partial charge in [0.1, 0.15) is 0 Å². The van der Waals surface area contributed by atoms with Gasteiger partial charge in [-0.15, -0.1) is 0 Å². The molecule has 1 spiro atoms. The largest absolute Gasteiger partial charge is 0.448 e. The van der Waals surface area contributed by atoms with Crippen LogP contribution in [0.5, 0.6) is 0 Å². The lowest BCUT2D eigenvalue weighted by molar-refractivity contribution is -0.149. The van der Waals surface area contributed by atoms with Crippen molar-refractivity contribution in [1.82, 2.24) is 10.2 Å². The molecule has 0 radical (unpaired) electrons. The molecule has 0 saturated carbocycles. The Hall–Kier alpha value is -3.66. The lowest BCUT2D eigenvalue weighted by atomic mass is 9.86. The number of rotatable bonds is 7. The molecule has 2 aliphatic heterocycles. The number of likely N-dealkylation sites (tertiary alicyclic amines) is 1. The van der Waals surface area contributed by atoms with Crippen molar-refractivity contribution in [3.05, 3.63) is 94.1 Å². The van der Waals surface area contributed by atoms with Gasteiger partial charge >= 0.3 is 5.97 Å². The van der Waals surface area contributed by atoms with Gasteiger partial charge in [-0.1, -0.05) is 54.1 Å². The smallest absolute Gasteiger partial charge is 0.341 e. The van der Waals surface area contributed by atoms with E-state index in [4.69, 9.17) is 22.1 Å². The fraction of sp³-hybridized carbons (Fsp3) is 0.312. The van der Waals surface area contributed by atoms with Crippen molar-refractivity contribution in [3.63, 3.8) is 0 Å². The number of benzene rings is 3. The average Bonchev–Trinajstić information content (AvgIpc) is 3.17. The molecule has 0 aromatic heterocycles. The van der Waals surface area contributed by atoms with Gasteiger partial charge in [-0.25, -0.2) is 13.2 Å². The Kier molecular flexibility index (Phi) is 8.20. The first-order chi connectivity index (χ1) is 19.9. The van der Waals surface area contributed by atoms with Crippen LogP contribution < -0.4 is 11.1 Å². The maximum atomic E-state index is 13.3. The van der Waals surface area contributed by atoms with E-state index in [1.807, 2.05) is 55.1 Å². The molecule has 10 heteroatoms. The number of carbonyl (C=O) groups excluding carboxylic acids is 2. The summed E-state index contributed by atoms with van der Waals surface area (Å²) >= 11 is 6.70. The molecule has 3 aromatic rings. The summed E-state index contributed by atoms with van der Waals surface area (Å²) in [7, 11) is -3.40. The second-order valence-corrected chi connectivity index (χ2v) is 13.6. The van der Waals surface area contributed by atoms with Gasteiger partial charge in [-0.05, 0) is 79.8 Å². The van der Waals surface area contributed by atoms with Crippen molar-refractivity contribution in [1.29, 1.82) is 0 Å². The first-order valence-corrected chi connectivity index (χ1v) is 16.1. The predicted molar refractivity (Wildman–Crippen MR) is 163 cm³/mol. The van der Waals surface area contributed by atoms with Gasteiger partial charge in [0.2, 0.25) is 5.91 Å². The summed E-state index contributed by atoms with van der Waals surface area (Å²) < 4.78 is 30.1. The number of aryl methyl sites for hydroxylation is 1. The Morgan fingerprint density at radius 1 is 1.12 bits per heavy atom. The zero-order valence-electron chi connectivity index (χ0n) is 23.8. The molecular weight excluding hydrogens is 574 g/mol. The zero-order valence-corrected chi connectivity index (χ0v) is 25.4. The highest BCUT2D eigenvalue weighted by atomic mass is 35.5. The maximum Gasteiger partial charge on any atom is 0.341 e. The monoisotopic (exact) mass is 607 g/mol. The summed E-state index contributed by atoms with van der Waals surface area (Å²) in [6.45, 7) is 4.94. The van der Waals surface area contributed by atoms with E-state index >= 15 is 0 Å². The Morgan fingerprint density at radius 3 is 2.57 bits per heavy atom. The van der Waals surface area contributed by atoms with Crippen LogP contribution in [0, 0.1) is 6.92 Å². The first kappa shape index (κ1) is 29.8. The van der Waals surface area contributed by atoms with E-state index in [0.717, 1.165) is 17.4 Å². The van der Waals surface area contributed by atoms with Crippen LogP contribution in [0.25, 0.3) is 16.7 Å². The van der Waals surface area contributed by atoms with Crippen molar-refractivity contribution in [2.24, 2.45) is 5.73 Å². The van der Waals surface area contributed by atoms with E-state index in [2.05, 4.69) is 5.32 Å². The highest BCUT2D eigenvalue weighted by Crippen LogP contribution is 2.43. The first-order valence-electron chi connectivity index (χ1n) is 13.8. The van der Waals surface area contributed by atoms with E-state index < -0.39 is 21.4 Å². The van der Waals surface area contributed by atoms with Gasteiger partial charge in [-0.3, -0.25) is 9.69 Å². The Balaban J connectivity index is 1.38. The van der Waals surface area contributed by atoms with Crippen LogP contribution in [0.1, 0.15) is 42.5 Å². The molecule has 2 aliphatic rings. The highest BCUT2D eigenvalue weighted by molar-refractivity contribution is 7.90. The molecule has 42 heavy (non-hydrogen) atoms. The van der Waals surface area contributed by atoms with E-state index in [9.17, 15) is 18.0 Å². The minimum Gasteiger partial charge on any atom is -0.448 e. The highest BCUT2D eigenvalue weighted by Gasteiger charge is 2.49. The minimum atomic E-state index is -3.40. The van der Waals surface area contributed by atoms with Crippen molar-refractivity contribution in [2.45, 2.75) is 43.2 Å². The number of hydrogen-bond donors (Lipinski definition) is 2. The van der Waals surface area contributed by atoms with Crippen molar-refractivity contribution in [2.75, 3.05) is 25.9 Å². The standard InChI is InChI=1S/C32H34ClN3O5S/c1-20-15-26(23-11-7-12-24(16-23)42(3,39)40)27(33)17-25(20)29-30(34)32(41-31(29)38)13-8-14-36(19-32)18-28(37)35-21(2)22-9-5-4-6-10-22/h4-7,9-12,15-17,21H,8,13-14,18-19,34H2,1-3H3,(H,35,37)/t21-,32?/m1/s1. The molecule has 5 rings (SSSR count). The van der Waals surface area contributed by atoms with Crippen LogP contribution in [0.4, 0.5) is 0 Å². The van der Waals surface area contributed by atoms with E-state index in [1.54, 1.807) is 24.3 Å². The number of amides is 1. The van der Waals surface area contributed by atoms with E-state index in [0.29, 0.717) is 53.3 Å². The summed E-state index contributed by atoms with van der Waals surface area (Å²) in [5, 5.41) is 3.39. The molecule has 8 nitrogen and oxygen atoms in total. The van der Waals surface area contributed by atoms with Gasteiger partial charge in [0.05, 0.1) is 28.8 Å². The lowest BCUT2D eigenvalue weighted by Crippen LogP contribution is -2.53. The molecule has 0 bridgehead atoms. The van der Waals surface area contributed by atoms with Gasteiger partial charge < -0.3 is 15.8 Å². The minimum absolute atomic E-state index is 0.117. The van der Waals surface area contributed by atoms with Crippen molar-refractivity contribution in [3.8, 4) is 11.1 Å². The summed E-state index contributed by atoms with van der Waals surface area (Å²) in [5.74, 6) is -0.642. The molecule has 2 heterocycles. The molecule has 3 aromatic carbocycles. The molecule has 1 amide bonds. The normalized spacial score (nSPS) is 20.0. The third-order valence-corrected chi connectivity index (χ3v) is 9.41. The third-order valence-electron chi connectivity index (χ3n) is 7.99. The Bertz CT molecular complexity index is 1690. The molecule has 2 atom stereocenters. The predicted octanol–water partition coefficient (Wildman–Crippen LogP) is 4.66.